The lowest BCUT2D eigenvalue weighted by Crippen LogP contribution is -2.43. The highest BCUT2D eigenvalue weighted by Gasteiger charge is 2.30. The standard InChI is InChI=1S/C30H32Cl2N6O4/c1-42-29(41)22(28(40)38-27-23(31)12-19(13-24(27)32)17-6-3-2-4-7-17)15-36-26(39)16-35-25-9-5-8-18-10-11-20(14-21(18)25)37-30(33)34/h2-4,6-7,10-14,22,25,35H,5,8-9,15-16H2,1H3,(H,36,39)(H,38,40)(H4,33,34,37)/t22-,25?/m0/s1. The average Bonchev–Trinajstić information content (AvgIpc) is 2.97. The molecular formula is C30H32Cl2N6O4. The van der Waals surface area contributed by atoms with Gasteiger partial charge in [0, 0.05) is 12.6 Å². The first kappa shape index (κ1) is 30.8. The zero-order valence-electron chi connectivity index (χ0n) is 23.0. The van der Waals surface area contributed by atoms with Crippen LogP contribution in [0, 0.1) is 5.92 Å². The van der Waals surface area contributed by atoms with Crippen LogP contribution in [0.3, 0.4) is 0 Å². The second-order valence-electron chi connectivity index (χ2n) is 9.80. The van der Waals surface area contributed by atoms with Gasteiger partial charge >= 0.3 is 5.97 Å². The lowest BCUT2D eigenvalue weighted by atomic mass is 9.87. The monoisotopic (exact) mass is 610 g/mol. The molecule has 0 aliphatic heterocycles. The molecule has 3 aromatic rings. The summed E-state index contributed by atoms with van der Waals surface area (Å²) in [5.41, 5.74) is 15.7. The third-order valence-electron chi connectivity index (χ3n) is 6.91. The molecular weight excluding hydrogens is 579 g/mol. The lowest BCUT2D eigenvalue weighted by molar-refractivity contribution is -0.148. The minimum atomic E-state index is -1.34. The van der Waals surface area contributed by atoms with Crippen molar-refractivity contribution in [2.75, 3.05) is 25.5 Å². The van der Waals surface area contributed by atoms with Crippen LogP contribution in [-0.4, -0.2) is 43.9 Å². The summed E-state index contributed by atoms with van der Waals surface area (Å²) < 4.78 is 4.81. The van der Waals surface area contributed by atoms with Crippen LogP contribution in [0.15, 0.2) is 65.7 Å². The summed E-state index contributed by atoms with van der Waals surface area (Å²) >= 11 is 12.9. The van der Waals surface area contributed by atoms with E-state index in [1.165, 1.54) is 0 Å². The molecule has 42 heavy (non-hydrogen) atoms. The quantitative estimate of drug-likeness (QED) is 0.1000. The Balaban J connectivity index is 1.38. The Morgan fingerprint density at radius 3 is 2.40 bits per heavy atom. The summed E-state index contributed by atoms with van der Waals surface area (Å²) in [7, 11) is 1.16. The highest BCUT2D eigenvalue weighted by Crippen LogP contribution is 2.36. The van der Waals surface area contributed by atoms with Gasteiger partial charge in [-0.3, -0.25) is 14.4 Å². The number of hydrogen-bond donors (Lipinski definition) is 5. The van der Waals surface area contributed by atoms with E-state index < -0.39 is 23.7 Å². The molecule has 2 amide bonds. The summed E-state index contributed by atoms with van der Waals surface area (Å²) in [5, 5.41) is 8.90. The molecule has 1 aliphatic carbocycles. The van der Waals surface area contributed by atoms with Gasteiger partial charge in [0.25, 0.3) is 0 Å². The SMILES string of the molecule is COC(=O)[C@@H](CNC(=O)CNC1CCCc2ccc(N=C(N)N)cc21)C(=O)Nc1c(Cl)cc(-c2ccccc2)cc1Cl. The molecule has 1 aliphatic rings. The molecule has 0 saturated heterocycles. The number of guanidine groups is 1. The zero-order chi connectivity index (χ0) is 30.2. The smallest absolute Gasteiger partial charge is 0.320 e. The number of hydrogen-bond acceptors (Lipinski definition) is 6. The number of nitrogens with one attached hydrogen (secondary N) is 3. The third kappa shape index (κ3) is 7.79. The van der Waals surface area contributed by atoms with Crippen molar-refractivity contribution < 1.29 is 19.1 Å². The van der Waals surface area contributed by atoms with Gasteiger partial charge in [0.1, 0.15) is 0 Å². The van der Waals surface area contributed by atoms with Crippen molar-refractivity contribution in [3.05, 3.63) is 81.8 Å². The molecule has 2 atom stereocenters. The Morgan fingerprint density at radius 2 is 1.74 bits per heavy atom. The Kier molecular flexibility index (Phi) is 10.4. The van der Waals surface area contributed by atoms with Crippen LogP contribution in [-0.2, 0) is 25.5 Å². The van der Waals surface area contributed by atoms with E-state index in [0.29, 0.717) is 5.69 Å². The van der Waals surface area contributed by atoms with Gasteiger partial charge in [0.15, 0.2) is 11.9 Å². The Bertz CT molecular complexity index is 1470. The van der Waals surface area contributed by atoms with Crippen LogP contribution in [0.1, 0.15) is 30.0 Å². The molecule has 0 radical (unpaired) electrons. The van der Waals surface area contributed by atoms with Crippen LogP contribution in [0.5, 0.6) is 0 Å². The summed E-state index contributed by atoms with van der Waals surface area (Å²) in [5.74, 6) is -3.31. The molecule has 0 bridgehead atoms. The van der Waals surface area contributed by atoms with E-state index in [-0.39, 0.29) is 40.8 Å². The summed E-state index contributed by atoms with van der Waals surface area (Å²) in [4.78, 5) is 42.4. The number of nitrogens with zero attached hydrogens (tertiary/aromatic N) is 1. The summed E-state index contributed by atoms with van der Waals surface area (Å²) in [6, 6.07) is 18.5. The second-order valence-corrected chi connectivity index (χ2v) is 10.6. The van der Waals surface area contributed by atoms with Gasteiger partial charge in [0.05, 0.1) is 35.1 Å². The number of fused-ring (bicyclic) bond motifs is 1. The summed E-state index contributed by atoms with van der Waals surface area (Å²) in [6.07, 6.45) is 2.69. The van der Waals surface area contributed by atoms with E-state index in [9.17, 15) is 14.4 Å². The van der Waals surface area contributed by atoms with Crippen molar-refractivity contribution in [1.29, 1.82) is 0 Å². The maximum atomic E-state index is 13.1. The predicted octanol–water partition coefficient (Wildman–Crippen LogP) is 4.08. The predicted molar refractivity (Wildman–Crippen MR) is 165 cm³/mol. The van der Waals surface area contributed by atoms with Gasteiger partial charge in [-0.15, -0.1) is 0 Å². The van der Waals surface area contributed by atoms with Crippen LogP contribution < -0.4 is 27.4 Å². The maximum Gasteiger partial charge on any atom is 0.320 e. The first-order valence-corrected chi connectivity index (χ1v) is 14.1. The second kappa shape index (κ2) is 14.2. The van der Waals surface area contributed by atoms with E-state index in [2.05, 4.69) is 20.9 Å². The molecule has 7 N–H and O–H groups in total. The number of amides is 2. The molecule has 1 unspecified atom stereocenters. The van der Waals surface area contributed by atoms with E-state index in [4.69, 9.17) is 39.4 Å². The number of methoxy groups -OCH3 is 1. The van der Waals surface area contributed by atoms with E-state index in [0.717, 1.165) is 48.6 Å². The molecule has 0 saturated carbocycles. The van der Waals surface area contributed by atoms with E-state index in [1.807, 2.05) is 48.5 Å². The highest BCUT2D eigenvalue weighted by molar-refractivity contribution is 6.40. The number of benzene rings is 3. The van der Waals surface area contributed by atoms with Crippen LogP contribution in [0.2, 0.25) is 10.0 Å². The molecule has 12 heteroatoms. The average molecular weight is 612 g/mol. The molecule has 0 spiro atoms. The van der Waals surface area contributed by atoms with Crippen LogP contribution in [0.25, 0.3) is 11.1 Å². The van der Waals surface area contributed by atoms with E-state index in [1.54, 1.807) is 12.1 Å². The van der Waals surface area contributed by atoms with Gasteiger partial charge < -0.3 is 32.2 Å². The number of aryl methyl sites for hydroxylation is 1. The third-order valence-corrected chi connectivity index (χ3v) is 7.51. The van der Waals surface area contributed by atoms with Gasteiger partial charge in [-0.25, -0.2) is 4.99 Å². The number of halogens is 2. The Morgan fingerprint density at radius 1 is 1.02 bits per heavy atom. The molecule has 0 heterocycles. The van der Waals surface area contributed by atoms with Gasteiger partial charge in [-0.05, 0) is 65.8 Å². The molecule has 0 fully saturated rings. The summed E-state index contributed by atoms with van der Waals surface area (Å²) in [6.45, 7) is -0.322. The number of anilines is 1. The first-order chi connectivity index (χ1) is 20.2. The molecule has 10 nitrogen and oxygen atoms in total. The van der Waals surface area contributed by atoms with Crippen molar-refractivity contribution in [3.63, 3.8) is 0 Å². The van der Waals surface area contributed by atoms with Crippen molar-refractivity contribution in [3.8, 4) is 11.1 Å². The fourth-order valence-electron chi connectivity index (χ4n) is 4.84. The minimum absolute atomic E-state index is 0.0346. The molecule has 3 aromatic carbocycles. The van der Waals surface area contributed by atoms with Crippen LogP contribution in [0.4, 0.5) is 11.4 Å². The lowest BCUT2D eigenvalue weighted by Gasteiger charge is -2.27. The van der Waals surface area contributed by atoms with Crippen molar-refractivity contribution in [2.45, 2.75) is 25.3 Å². The largest absolute Gasteiger partial charge is 0.468 e. The fraction of sp³-hybridized carbons (Fsp3) is 0.267. The first-order valence-electron chi connectivity index (χ1n) is 13.3. The Hall–Kier alpha value is -4.12. The fourth-order valence-corrected chi connectivity index (χ4v) is 5.42. The number of carbonyl (C=O) groups excluding carboxylic acids is 3. The maximum absolute atomic E-state index is 13.1. The number of ether oxygens (including phenoxy) is 1. The topological polar surface area (TPSA) is 161 Å². The number of rotatable bonds is 10. The number of nitrogens with two attached hydrogens (primary N) is 2. The zero-order valence-corrected chi connectivity index (χ0v) is 24.5. The van der Waals surface area contributed by atoms with Gasteiger partial charge in [-0.1, -0.05) is 59.6 Å². The number of aliphatic imine (C=N–C) groups is 1. The number of esters is 1. The van der Waals surface area contributed by atoms with Crippen molar-refractivity contribution in [1.82, 2.24) is 10.6 Å². The number of carbonyl (C=O) groups is 3. The minimum Gasteiger partial charge on any atom is -0.468 e. The normalized spacial score (nSPS) is 14.7. The molecule has 0 aromatic heterocycles. The highest BCUT2D eigenvalue weighted by atomic mass is 35.5. The van der Waals surface area contributed by atoms with E-state index >= 15 is 0 Å². The van der Waals surface area contributed by atoms with Crippen LogP contribution >= 0.6 is 23.2 Å². The van der Waals surface area contributed by atoms with Gasteiger partial charge in [0.2, 0.25) is 11.8 Å². The van der Waals surface area contributed by atoms with Gasteiger partial charge in [-0.2, -0.15) is 0 Å². The molecule has 220 valence electrons. The van der Waals surface area contributed by atoms with Crippen molar-refractivity contribution >= 4 is 58.3 Å². The van der Waals surface area contributed by atoms with Crippen molar-refractivity contribution in [2.24, 2.45) is 22.4 Å². The Labute approximate surface area is 253 Å². The molecule has 4 rings (SSSR count).